The van der Waals surface area contributed by atoms with Crippen LogP contribution in [0.1, 0.15) is 69.8 Å². The molecule has 0 radical (unpaired) electrons. The fourth-order valence-electron chi connectivity index (χ4n) is 6.00. The van der Waals surface area contributed by atoms with Crippen molar-refractivity contribution in [3.05, 3.63) is 41.7 Å². The molecule has 5 nitrogen and oxygen atoms in total. The van der Waals surface area contributed by atoms with E-state index in [2.05, 4.69) is 17.4 Å². The average Bonchev–Trinajstić information content (AvgIpc) is 2.86. The lowest BCUT2D eigenvalue weighted by Crippen LogP contribution is -2.54. The Bertz CT molecular complexity index is 798. The van der Waals surface area contributed by atoms with Crippen LogP contribution in [0, 0.1) is 5.41 Å². The minimum absolute atomic E-state index is 0.154. The number of nitrogens with one attached hydrogen (secondary N) is 1. The standard InChI is InChI=1S/C26H37FN2O3/c1-31-23-4-2-3-21(15-23)29-24(30)26-12-9-25(10-13-26,11-14-26)20-5-7-22(8-6-20)32-18-19(16-27)17-28/h5-8,16,21,23H,2-4,9-15,17-18,28H2,1H3,(H,29,30)/b19-16+/t21-,23-,25?,26?/m1/s1. The first kappa shape index (κ1) is 23.2. The summed E-state index contributed by atoms with van der Waals surface area (Å²) in [7, 11) is 1.77. The van der Waals surface area contributed by atoms with Gasteiger partial charge >= 0.3 is 0 Å². The molecule has 4 fully saturated rings. The number of carbonyl (C=O) groups is 1. The van der Waals surface area contributed by atoms with Gasteiger partial charge in [0.1, 0.15) is 12.4 Å². The van der Waals surface area contributed by atoms with E-state index >= 15 is 0 Å². The van der Waals surface area contributed by atoms with Crippen LogP contribution < -0.4 is 15.8 Å². The number of nitrogens with two attached hydrogens (primary N) is 1. The van der Waals surface area contributed by atoms with Crippen LogP contribution >= 0.6 is 0 Å². The predicted octanol–water partition coefficient (Wildman–Crippen LogP) is 4.54. The summed E-state index contributed by atoms with van der Waals surface area (Å²) < 4.78 is 23.9. The van der Waals surface area contributed by atoms with Gasteiger partial charge in [0.2, 0.25) is 5.91 Å². The fourth-order valence-corrected chi connectivity index (χ4v) is 6.00. The van der Waals surface area contributed by atoms with Crippen molar-refractivity contribution in [2.24, 2.45) is 11.1 Å². The van der Waals surface area contributed by atoms with Crippen molar-refractivity contribution in [3.63, 3.8) is 0 Å². The Morgan fingerprint density at radius 2 is 1.84 bits per heavy atom. The predicted molar refractivity (Wildman–Crippen MR) is 123 cm³/mol. The summed E-state index contributed by atoms with van der Waals surface area (Å²) in [6.45, 7) is 0.321. The summed E-state index contributed by atoms with van der Waals surface area (Å²) in [5, 5.41) is 3.39. The summed E-state index contributed by atoms with van der Waals surface area (Å²) in [5.74, 6) is 0.994. The molecule has 4 saturated carbocycles. The number of hydrogen-bond acceptors (Lipinski definition) is 4. The Morgan fingerprint density at radius 1 is 1.16 bits per heavy atom. The van der Waals surface area contributed by atoms with Crippen LogP contribution in [-0.2, 0) is 14.9 Å². The smallest absolute Gasteiger partial charge is 0.226 e. The van der Waals surface area contributed by atoms with Gasteiger partial charge in [0.05, 0.1) is 12.4 Å². The summed E-state index contributed by atoms with van der Waals surface area (Å²) in [6.07, 6.45) is 11.0. The summed E-state index contributed by atoms with van der Waals surface area (Å²) >= 11 is 0. The zero-order valence-corrected chi connectivity index (χ0v) is 19.2. The average molecular weight is 445 g/mol. The second-order valence-corrected chi connectivity index (χ2v) is 10.0. The molecule has 3 N–H and O–H groups in total. The van der Waals surface area contributed by atoms with Crippen molar-refractivity contribution in [1.29, 1.82) is 0 Å². The Kier molecular flexibility index (Phi) is 7.21. The van der Waals surface area contributed by atoms with Crippen molar-refractivity contribution < 1.29 is 18.7 Å². The van der Waals surface area contributed by atoms with Crippen molar-refractivity contribution in [2.45, 2.75) is 81.8 Å². The van der Waals surface area contributed by atoms with Gasteiger partial charge in [-0.3, -0.25) is 4.79 Å². The van der Waals surface area contributed by atoms with E-state index in [1.807, 2.05) is 12.1 Å². The number of fused-ring (bicyclic) bond motifs is 3. The molecule has 0 heterocycles. The van der Waals surface area contributed by atoms with E-state index in [9.17, 15) is 9.18 Å². The van der Waals surface area contributed by atoms with E-state index in [0.29, 0.717) is 11.9 Å². The van der Waals surface area contributed by atoms with Gasteiger partial charge in [-0.15, -0.1) is 0 Å². The monoisotopic (exact) mass is 444 g/mol. The second-order valence-electron chi connectivity index (χ2n) is 10.0. The molecule has 1 aromatic carbocycles. The first-order chi connectivity index (χ1) is 15.5. The van der Waals surface area contributed by atoms with Crippen LogP contribution in [0.5, 0.6) is 5.75 Å². The molecule has 1 amide bonds. The van der Waals surface area contributed by atoms with E-state index in [-0.39, 0.29) is 42.0 Å². The lowest BCUT2D eigenvalue weighted by Gasteiger charge is -2.53. The SMILES string of the molecule is CO[C@@H]1CCC[C@@H](NC(=O)C23CCC(c4ccc(OC/C(=C/F)CN)cc4)(CC2)CC3)C1. The van der Waals surface area contributed by atoms with E-state index in [0.717, 1.165) is 70.0 Å². The largest absolute Gasteiger partial charge is 0.489 e. The Morgan fingerprint density at radius 3 is 2.44 bits per heavy atom. The molecule has 176 valence electrons. The van der Waals surface area contributed by atoms with Crippen LogP contribution in [0.3, 0.4) is 0 Å². The van der Waals surface area contributed by atoms with Gasteiger partial charge in [-0.1, -0.05) is 12.1 Å². The van der Waals surface area contributed by atoms with Gasteiger partial charge in [0.15, 0.2) is 0 Å². The highest BCUT2D eigenvalue weighted by Crippen LogP contribution is 2.58. The van der Waals surface area contributed by atoms with Gasteiger partial charge in [-0.2, -0.15) is 0 Å². The Labute approximate surface area is 190 Å². The van der Waals surface area contributed by atoms with Gasteiger partial charge in [0.25, 0.3) is 0 Å². The highest BCUT2D eigenvalue weighted by Gasteiger charge is 2.53. The Balaban J connectivity index is 1.34. The van der Waals surface area contributed by atoms with Gasteiger partial charge in [-0.05, 0) is 87.3 Å². The van der Waals surface area contributed by atoms with Crippen molar-refractivity contribution in [1.82, 2.24) is 5.32 Å². The minimum Gasteiger partial charge on any atom is -0.489 e. The lowest BCUT2D eigenvalue weighted by molar-refractivity contribution is -0.139. The van der Waals surface area contributed by atoms with E-state index in [4.69, 9.17) is 15.2 Å². The maximum atomic E-state index is 13.3. The number of carbonyl (C=O) groups excluding carboxylic acids is 1. The number of hydrogen-bond donors (Lipinski definition) is 2. The lowest BCUT2D eigenvalue weighted by atomic mass is 9.51. The molecule has 2 bridgehead atoms. The van der Waals surface area contributed by atoms with Gasteiger partial charge < -0.3 is 20.5 Å². The molecular formula is C26H37FN2O3. The number of rotatable bonds is 8. The molecule has 4 aliphatic rings. The number of ether oxygens (including phenoxy) is 2. The number of halogens is 1. The number of amides is 1. The molecular weight excluding hydrogens is 407 g/mol. The molecule has 0 aromatic heterocycles. The Hall–Kier alpha value is -1.92. The van der Waals surface area contributed by atoms with Crippen molar-refractivity contribution in [2.75, 3.05) is 20.3 Å². The third-order valence-corrected chi connectivity index (χ3v) is 8.33. The van der Waals surface area contributed by atoms with Crippen LogP contribution in [0.15, 0.2) is 36.2 Å². The van der Waals surface area contributed by atoms with Crippen LogP contribution in [0.25, 0.3) is 0 Å². The molecule has 1 aromatic rings. The highest BCUT2D eigenvalue weighted by molar-refractivity contribution is 5.83. The van der Waals surface area contributed by atoms with E-state index in [1.54, 1.807) is 7.11 Å². The molecule has 0 spiro atoms. The molecule has 5 rings (SSSR count). The zero-order chi connectivity index (χ0) is 22.6. The van der Waals surface area contributed by atoms with Gasteiger partial charge in [0, 0.05) is 30.7 Å². The molecule has 32 heavy (non-hydrogen) atoms. The molecule has 0 aliphatic heterocycles. The fraction of sp³-hybridized carbons (Fsp3) is 0.654. The second kappa shape index (κ2) is 9.92. The number of methoxy groups -OCH3 is 1. The van der Waals surface area contributed by atoms with Gasteiger partial charge in [-0.25, -0.2) is 4.39 Å². The van der Waals surface area contributed by atoms with E-state index < -0.39 is 0 Å². The van der Waals surface area contributed by atoms with Crippen LogP contribution in [0.4, 0.5) is 4.39 Å². The first-order valence-electron chi connectivity index (χ1n) is 12.1. The third kappa shape index (κ3) is 4.72. The van der Waals surface area contributed by atoms with Crippen LogP contribution in [0.2, 0.25) is 0 Å². The maximum absolute atomic E-state index is 13.3. The minimum atomic E-state index is -0.192. The van der Waals surface area contributed by atoms with Crippen molar-refractivity contribution in [3.8, 4) is 5.75 Å². The molecule has 2 atom stereocenters. The normalized spacial score (nSPS) is 32.5. The van der Waals surface area contributed by atoms with Crippen LogP contribution in [-0.4, -0.2) is 38.3 Å². The number of benzene rings is 1. The van der Waals surface area contributed by atoms with Crippen molar-refractivity contribution >= 4 is 5.91 Å². The topological polar surface area (TPSA) is 73.6 Å². The third-order valence-electron chi connectivity index (χ3n) is 8.33. The summed E-state index contributed by atoms with van der Waals surface area (Å²) in [5.41, 5.74) is 7.22. The molecule has 6 heteroatoms. The quantitative estimate of drug-likeness (QED) is 0.617. The summed E-state index contributed by atoms with van der Waals surface area (Å²) in [6, 6.07) is 8.47. The zero-order valence-electron chi connectivity index (χ0n) is 19.2. The maximum Gasteiger partial charge on any atom is 0.226 e. The highest BCUT2D eigenvalue weighted by atomic mass is 19.1. The van der Waals surface area contributed by atoms with E-state index in [1.165, 1.54) is 5.56 Å². The molecule has 0 saturated heterocycles. The first-order valence-corrected chi connectivity index (χ1v) is 12.1. The molecule has 4 aliphatic carbocycles. The summed E-state index contributed by atoms with van der Waals surface area (Å²) in [4.78, 5) is 13.3. The molecule has 0 unspecified atom stereocenters.